The average Bonchev–Trinajstić information content (AvgIpc) is 2.38. The van der Waals surface area contributed by atoms with E-state index in [2.05, 4.69) is 13.8 Å². The SMILES string of the molecule is CC(=O)O[C@@H]1C[C@@H]2CC[C@H]1C2(C)C. The van der Waals surface area contributed by atoms with Crippen LogP contribution in [0.4, 0.5) is 0 Å². The first-order valence-electron chi connectivity index (χ1n) is 5.19. The van der Waals surface area contributed by atoms with Crippen LogP contribution in [0.5, 0.6) is 0 Å². The van der Waals surface area contributed by atoms with Crippen LogP contribution in [0.3, 0.4) is 0 Å². The van der Waals surface area contributed by atoms with E-state index < -0.39 is 0 Å². The van der Waals surface area contributed by atoms with E-state index in [1.54, 1.807) is 0 Å². The molecule has 2 bridgehead atoms. The molecular weight excluding hydrogens is 164 g/mol. The van der Waals surface area contributed by atoms with Gasteiger partial charge in [0.15, 0.2) is 0 Å². The summed E-state index contributed by atoms with van der Waals surface area (Å²) in [4.78, 5) is 10.9. The van der Waals surface area contributed by atoms with Gasteiger partial charge in [-0.25, -0.2) is 0 Å². The summed E-state index contributed by atoms with van der Waals surface area (Å²) in [6.07, 6.45) is 3.88. The molecule has 0 aromatic carbocycles. The van der Waals surface area contributed by atoms with Gasteiger partial charge in [-0.15, -0.1) is 0 Å². The molecule has 0 aromatic heterocycles. The van der Waals surface area contributed by atoms with Crippen LogP contribution in [-0.4, -0.2) is 12.1 Å². The lowest BCUT2D eigenvalue weighted by Crippen LogP contribution is -2.26. The number of carbonyl (C=O) groups is 1. The first-order chi connectivity index (χ1) is 6.01. The van der Waals surface area contributed by atoms with Gasteiger partial charge in [0.05, 0.1) is 0 Å². The highest BCUT2D eigenvalue weighted by molar-refractivity contribution is 5.66. The van der Waals surface area contributed by atoms with Crippen molar-refractivity contribution in [1.29, 1.82) is 0 Å². The maximum Gasteiger partial charge on any atom is 0.302 e. The lowest BCUT2D eigenvalue weighted by Gasteiger charge is -2.25. The van der Waals surface area contributed by atoms with Crippen LogP contribution in [0.2, 0.25) is 0 Å². The fraction of sp³-hybridized carbons (Fsp3) is 0.909. The largest absolute Gasteiger partial charge is 0.462 e. The number of ether oxygens (including phenoxy) is 1. The summed E-state index contributed by atoms with van der Waals surface area (Å²) in [7, 11) is 0. The summed E-state index contributed by atoms with van der Waals surface area (Å²) < 4.78 is 5.34. The highest BCUT2D eigenvalue weighted by atomic mass is 16.5. The van der Waals surface area contributed by atoms with Gasteiger partial charge in [0.25, 0.3) is 0 Å². The van der Waals surface area contributed by atoms with Gasteiger partial charge < -0.3 is 4.74 Å². The third-order valence-corrected chi connectivity index (χ3v) is 4.12. The zero-order chi connectivity index (χ0) is 9.64. The Labute approximate surface area is 79.7 Å². The molecule has 0 aromatic rings. The predicted molar refractivity (Wildman–Crippen MR) is 50.2 cm³/mol. The molecule has 2 nitrogen and oxygen atoms in total. The van der Waals surface area contributed by atoms with Crippen LogP contribution in [0.25, 0.3) is 0 Å². The van der Waals surface area contributed by atoms with Crippen molar-refractivity contribution in [3.05, 3.63) is 0 Å². The zero-order valence-corrected chi connectivity index (χ0v) is 8.67. The van der Waals surface area contributed by atoms with Gasteiger partial charge in [0.1, 0.15) is 6.10 Å². The molecule has 0 aliphatic heterocycles. The van der Waals surface area contributed by atoms with E-state index in [1.807, 2.05) is 0 Å². The molecule has 2 aliphatic rings. The molecule has 0 heterocycles. The number of esters is 1. The Bertz CT molecular complexity index is 232. The summed E-state index contributed by atoms with van der Waals surface area (Å²) in [5, 5.41) is 0. The van der Waals surface area contributed by atoms with E-state index in [0.29, 0.717) is 11.3 Å². The second-order valence-electron chi connectivity index (χ2n) is 5.09. The monoisotopic (exact) mass is 182 g/mol. The summed E-state index contributed by atoms with van der Waals surface area (Å²) in [6, 6.07) is 0. The van der Waals surface area contributed by atoms with E-state index in [1.165, 1.54) is 19.8 Å². The molecule has 2 aliphatic carbocycles. The van der Waals surface area contributed by atoms with E-state index in [-0.39, 0.29) is 12.1 Å². The van der Waals surface area contributed by atoms with Gasteiger partial charge in [0.2, 0.25) is 0 Å². The van der Waals surface area contributed by atoms with Gasteiger partial charge in [-0.3, -0.25) is 4.79 Å². The van der Waals surface area contributed by atoms with Crippen molar-refractivity contribution in [3.8, 4) is 0 Å². The molecule has 0 amide bonds. The number of fused-ring (bicyclic) bond motifs is 2. The van der Waals surface area contributed by atoms with Crippen LogP contribution in [0.15, 0.2) is 0 Å². The van der Waals surface area contributed by atoms with Crippen molar-refractivity contribution in [2.75, 3.05) is 0 Å². The molecule has 13 heavy (non-hydrogen) atoms. The normalized spacial score (nSPS) is 40.7. The minimum absolute atomic E-state index is 0.117. The van der Waals surface area contributed by atoms with Crippen LogP contribution in [0.1, 0.15) is 40.0 Å². The minimum Gasteiger partial charge on any atom is -0.462 e. The van der Waals surface area contributed by atoms with Crippen LogP contribution < -0.4 is 0 Å². The quantitative estimate of drug-likeness (QED) is 0.582. The van der Waals surface area contributed by atoms with Gasteiger partial charge >= 0.3 is 5.97 Å². The molecule has 3 atom stereocenters. The third-order valence-electron chi connectivity index (χ3n) is 4.12. The summed E-state index contributed by atoms with van der Waals surface area (Å²) in [5.41, 5.74) is 0.403. The Hall–Kier alpha value is -0.530. The minimum atomic E-state index is -0.117. The van der Waals surface area contributed by atoms with Gasteiger partial charge in [0, 0.05) is 12.8 Å². The summed E-state index contributed by atoms with van der Waals surface area (Å²) >= 11 is 0. The standard InChI is InChI=1S/C11H18O2/c1-7(12)13-10-6-8-4-5-9(10)11(8,2)3/h8-10H,4-6H2,1-3H3/t8-,9+,10+/m0/s1. The van der Waals surface area contributed by atoms with Gasteiger partial charge in [-0.1, -0.05) is 13.8 Å². The zero-order valence-electron chi connectivity index (χ0n) is 8.67. The first kappa shape index (κ1) is 9.04. The van der Waals surface area contributed by atoms with E-state index in [9.17, 15) is 4.79 Å². The molecule has 0 N–H and O–H groups in total. The Kier molecular flexibility index (Phi) is 1.90. The average molecular weight is 182 g/mol. The molecule has 2 heteroatoms. The maximum atomic E-state index is 10.9. The van der Waals surface area contributed by atoms with Crippen LogP contribution in [0, 0.1) is 17.3 Å². The van der Waals surface area contributed by atoms with E-state index in [0.717, 1.165) is 12.3 Å². The lowest BCUT2D eigenvalue weighted by molar-refractivity contribution is -0.149. The van der Waals surface area contributed by atoms with Crippen LogP contribution >= 0.6 is 0 Å². The fourth-order valence-electron chi connectivity index (χ4n) is 3.30. The maximum absolute atomic E-state index is 10.9. The molecule has 0 unspecified atom stereocenters. The van der Waals surface area contributed by atoms with Gasteiger partial charge in [-0.05, 0) is 30.6 Å². The van der Waals surface area contributed by atoms with Crippen molar-refractivity contribution in [2.45, 2.75) is 46.1 Å². The molecule has 0 saturated heterocycles. The highest BCUT2D eigenvalue weighted by Crippen LogP contribution is 2.58. The van der Waals surface area contributed by atoms with Crippen LogP contribution in [-0.2, 0) is 9.53 Å². The van der Waals surface area contributed by atoms with E-state index in [4.69, 9.17) is 4.74 Å². The Morgan fingerprint density at radius 1 is 1.38 bits per heavy atom. The molecule has 2 saturated carbocycles. The Balaban J connectivity index is 2.09. The molecule has 0 radical (unpaired) electrons. The molecule has 2 fully saturated rings. The van der Waals surface area contributed by atoms with Crippen molar-refractivity contribution in [3.63, 3.8) is 0 Å². The topological polar surface area (TPSA) is 26.3 Å². The molecule has 0 spiro atoms. The van der Waals surface area contributed by atoms with Crippen molar-refractivity contribution < 1.29 is 9.53 Å². The molecular formula is C11H18O2. The fourth-order valence-corrected chi connectivity index (χ4v) is 3.30. The first-order valence-corrected chi connectivity index (χ1v) is 5.19. The lowest BCUT2D eigenvalue weighted by atomic mass is 9.82. The number of rotatable bonds is 1. The summed E-state index contributed by atoms with van der Waals surface area (Å²) in [6.45, 7) is 6.15. The van der Waals surface area contributed by atoms with Gasteiger partial charge in [-0.2, -0.15) is 0 Å². The third kappa shape index (κ3) is 1.27. The molecule has 74 valence electrons. The van der Waals surface area contributed by atoms with Crippen molar-refractivity contribution >= 4 is 5.97 Å². The Morgan fingerprint density at radius 2 is 2.08 bits per heavy atom. The second-order valence-corrected chi connectivity index (χ2v) is 5.09. The Morgan fingerprint density at radius 3 is 2.46 bits per heavy atom. The number of carbonyl (C=O) groups excluding carboxylic acids is 1. The smallest absolute Gasteiger partial charge is 0.302 e. The van der Waals surface area contributed by atoms with Crippen molar-refractivity contribution in [2.24, 2.45) is 17.3 Å². The van der Waals surface area contributed by atoms with E-state index >= 15 is 0 Å². The van der Waals surface area contributed by atoms with Crippen molar-refractivity contribution in [1.82, 2.24) is 0 Å². The number of hydrogen-bond acceptors (Lipinski definition) is 2. The molecule has 2 rings (SSSR count). The highest BCUT2D eigenvalue weighted by Gasteiger charge is 2.54. The predicted octanol–water partition coefficient (Wildman–Crippen LogP) is 2.37. The number of hydrogen-bond donors (Lipinski definition) is 0. The summed E-state index contributed by atoms with van der Waals surface area (Å²) in [5.74, 6) is 1.27. The second kappa shape index (κ2) is 2.73.